The van der Waals surface area contributed by atoms with Crippen LogP contribution in [0.2, 0.25) is 0 Å². The molecule has 0 aliphatic carbocycles. The molecule has 18 heavy (non-hydrogen) atoms. The van der Waals surface area contributed by atoms with Crippen LogP contribution < -0.4 is 5.32 Å². The summed E-state index contributed by atoms with van der Waals surface area (Å²) in [4.78, 5) is 4.29. The van der Waals surface area contributed by atoms with E-state index in [0.29, 0.717) is 0 Å². The monoisotopic (exact) mass is 308 g/mol. The number of rotatable bonds is 3. The molecule has 0 fully saturated rings. The van der Waals surface area contributed by atoms with Gasteiger partial charge >= 0.3 is 0 Å². The number of nitrogens with one attached hydrogen (secondary N) is 1. The summed E-state index contributed by atoms with van der Waals surface area (Å²) in [6, 6.07) is 8.49. The first-order valence-electron chi connectivity index (χ1n) is 5.71. The molecule has 1 heterocycles. The fourth-order valence-electron chi connectivity index (χ4n) is 1.68. The number of nitrogens with zero attached hydrogens (tertiary/aromatic N) is 1. The van der Waals surface area contributed by atoms with E-state index in [0.717, 1.165) is 21.4 Å². The molecule has 4 heteroatoms. The number of halogens is 2. The van der Waals surface area contributed by atoms with Gasteiger partial charge in [0.1, 0.15) is 11.6 Å². The summed E-state index contributed by atoms with van der Waals surface area (Å²) >= 11 is 3.51. The molecule has 1 atom stereocenters. The summed E-state index contributed by atoms with van der Waals surface area (Å²) in [7, 11) is 0. The van der Waals surface area contributed by atoms with E-state index in [1.165, 1.54) is 12.1 Å². The second kappa shape index (κ2) is 5.48. The molecule has 0 saturated carbocycles. The molecule has 1 aromatic heterocycles. The van der Waals surface area contributed by atoms with Gasteiger partial charge in [-0.15, -0.1) is 0 Å². The number of hydrogen-bond donors (Lipinski definition) is 1. The summed E-state index contributed by atoms with van der Waals surface area (Å²) in [5, 5.41) is 3.31. The second-order valence-electron chi connectivity index (χ2n) is 4.21. The molecule has 0 aliphatic rings. The van der Waals surface area contributed by atoms with E-state index in [4.69, 9.17) is 0 Å². The standard InChI is InChI=1S/C14H14BrFN2/c1-9-7-8-17-14(13(9)15)18-10(2)11-3-5-12(16)6-4-11/h3-8,10H,1-2H3,(H,17,18). The highest BCUT2D eigenvalue weighted by Gasteiger charge is 2.09. The van der Waals surface area contributed by atoms with Crippen LogP contribution >= 0.6 is 15.9 Å². The van der Waals surface area contributed by atoms with Crippen molar-refractivity contribution in [1.82, 2.24) is 4.98 Å². The summed E-state index contributed by atoms with van der Waals surface area (Å²) in [5.41, 5.74) is 2.14. The minimum atomic E-state index is -0.221. The fraction of sp³-hybridized carbons (Fsp3) is 0.214. The summed E-state index contributed by atoms with van der Waals surface area (Å²) < 4.78 is 13.8. The molecule has 1 unspecified atom stereocenters. The van der Waals surface area contributed by atoms with Crippen LogP contribution in [-0.2, 0) is 0 Å². The fourth-order valence-corrected chi connectivity index (χ4v) is 2.03. The molecular formula is C14H14BrFN2. The molecule has 0 bridgehead atoms. The van der Waals surface area contributed by atoms with Crippen LogP contribution in [0.3, 0.4) is 0 Å². The number of anilines is 1. The van der Waals surface area contributed by atoms with Gasteiger partial charge in [-0.3, -0.25) is 0 Å². The van der Waals surface area contributed by atoms with Crippen LogP contribution in [0.25, 0.3) is 0 Å². The Morgan fingerprint density at radius 3 is 2.56 bits per heavy atom. The summed E-state index contributed by atoms with van der Waals surface area (Å²) in [6.07, 6.45) is 1.76. The highest BCUT2D eigenvalue weighted by atomic mass is 79.9. The van der Waals surface area contributed by atoms with Gasteiger partial charge in [-0.25, -0.2) is 9.37 Å². The van der Waals surface area contributed by atoms with Crippen molar-refractivity contribution < 1.29 is 4.39 Å². The van der Waals surface area contributed by atoms with Gasteiger partial charge in [0.2, 0.25) is 0 Å². The third kappa shape index (κ3) is 2.88. The van der Waals surface area contributed by atoms with Crippen LogP contribution in [0, 0.1) is 12.7 Å². The van der Waals surface area contributed by atoms with Gasteiger partial charge in [0.15, 0.2) is 0 Å². The van der Waals surface area contributed by atoms with Crippen molar-refractivity contribution in [2.45, 2.75) is 19.9 Å². The Morgan fingerprint density at radius 2 is 1.89 bits per heavy atom. The Kier molecular flexibility index (Phi) is 3.97. The Hall–Kier alpha value is -1.42. The van der Waals surface area contributed by atoms with E-state index in [9.17, 15) is 4.39 Å². The molecule has 2 rings (SSSR count). The van der Waals surface area contributed by atoms with E-state index in [1.54, 1.807) is 18.3 Å². The van der Waals surface area contributed by atoms with Gasteiger partial charge in [-0.05, 0) is 59.1 Å². The normalized spacial score (nSPS) is 12.2. The lowest BCUT2D eigenvalue weighted by Gasteiger charge is -2.16. The first-order chi connectivity index (χ1) is 8.58. The lowest BCUT2D eigenvalue weighted by molar-refractivity contribution is 0.626. The highest BCUT2D eigenvalue weighted by molar-refractivity contribution is 9.10. The predicted molar refractivity (Wildman–Crippen MR) is 75.1 cm³/mol. The van der Waals surface area contributed by atoms with Gasteiger partial charge in [-0.1, -0.05) is 12.1 Å². The Balaban J connectivity index is 2.18. The van der Waals surface area contributed by atoms with Gasteiger partial charge in [0.25, 0.3) is 0 Å². The Bertz CT molecular complexity index is 540. The lowest BCUT2D eigenvalue weighted by Crippen LogP contribution is -2.08. The Morgan fingerprint density at radius 1 is 1.22 bits per heavy atom. The van der Waals surface area contributed by atoms with Crippen molar-refractivity contribution in [3.8, 4) is 0 Å². The number of benzene rings is 1. The van der Waals surface area contributed by atoms with Crippen LogP contribution in [0.15, 0.2) is 41.0 Å². The molecule has 2 nitrogen and oxygen atoms in total. The lowest BCUT2D eigenvalue weighted by atomic mass is 10.1. The van der Waals surface area contributed by atoms with E-state index in [-0.39, 0.29) is 11.9 Å². The molecule has 0 amide bonds. The smallest absolute Gasteiger partial charge is 0.141 e. The van der Waals surface area contributed by atoms with Crippen LogP contribution in [-0.4, -0.2) is 4.98 Å². The SMILES string of the molecule is Cc1ccnc(NC(C)c2ccc(F)cc2)c1Br. The first kappa shape index (κ1) is 13.0. The van der Waals surface area contributed by atoms with Gasteiger partial charge in [0.05, 0.1) is 4.47 Å². The number of hydrogen-bond acceptors (Lipinski definition) is 2. The van der Waals surface area contributed by atoms with Gasteiger partial charge in [0, 0.05) is 12.2 Å². The van der Waals surface area contributed by atoms with Crippen molar-refractivity contribution >= 4 is 21.7 Å². The van der Waals surface area contributed by atoms with Gasteiger partial charge < -0.3 is 5.32 Å². The first-order valence-corrected chi connectivity index (χ1v) is 6.50. The molecular weight excluding hydrogens is 295 g/mol. The minimum absolute atomic E-state index is 0.0659. The maximum absolute atomic E-state index is 12.9. The topological polar surface area (TPSA) is 24.9 Å². The number of aryl methyl sites for hydroxylation is 1. The molecule has 0 saturated heterocycles. The van der Waals surface area contributed by atoms with Gasteiger partial charge in [-0.2, -0.15) is 0 Å². The van der Waals surface area contributed by atoms with Crippen molar-refractivity contribution in [1.29, 1.82) is 0 Å². The van der Waals surface area contributed by atoms with Crippen molar-refractivity contribution in [3.05, 3.63) is 57.9 Å². The minimum Gasteiger partial charge on any atom is -0.363 e. The van der Waals surface area contributed by atoms with Crippen LogP contribution in [0.5, 0.6) is 0 Å². The maximum atomic E-state index is 12.9. The molecule has 0 spiro atoms. The predicted octanol–water partition coefficient (Wildman–Crippen LogP) is 4.46. The van der Waals surface area contributed by atoms with E-state index in [2.05, 4.69) is 26.2 Å². The van der Waals surface area contributed by atoms with Crippen LogP contribution in [0.4, 0.5) is 10.2 Å². The van der Waals surface area contributed by atoms with E-state index >= 15 is 0 Å². The van der Waals surface area contributed by atoms with Crippen molar-refractivity contribution in [2.24, 2.45) is 0 Å². The second-order valence-corrected chi connectivity index (χ2v) is 5.00. The molecule has 1 N–H and O–H groups in total. The molecule has 2 aromatic rings. The quantitative estimate of drug-likeness (QED) is 0.905. The van der Waals surface area contributed by atoms with Crippen molar-refractivity contribution in [2.75, 3.05) is 5.32 Å². The maximum Gasteiger partial charge on any atom is 0.141 e. The molecule has 0 aliphatic heterocycles. The largest absolute Gasteiger partial charge is 0.363 e. The average Bonchev–Trinajstić information content (AvgIpc) is 2.36. The highest BCUT2D eigenvalue weighted by Crippen LogP contribution is 2.27. The van der Waals surface area contributed by atoms with Crippen LogP contribution in [0.1, 0.15) is 24.1 Å². The average molecular weight is 309 g/mol. The summed E-state index contributed by atoms with van der Waals surface area (Å²) in [6.45, 7) is 4.03. The third-order valence-electron chi connectivity index (χ3n) is 2.81. The number of aromatic nitrogens is 1. The Labute approximate surface area is 114 Å². The number of pyridine rings is 1. The molecule has 94 valence electrons. The zero-order valence-electron chi connectivity index (χ0n) is 10.2. The zero-order chi connectivity index (χ0) is 13.1. The zero-order valence-corrected chi connectivity index (χ0v) is 11.8. The van der Waals surface area contributed by atoms with E-state index < -0.39 is 0 Å². The third-order valence-corrected chi connectivity index (χ3v) is 3.81. The van der Waals surface area contributed by atoms with E-state index in [1.807, 2.05) is 19.9 Å². The molecule has 1 aromatic carbocycles. The summed E-state index contributed by atoms with van der Waals surface area (Å²) in [5.74, 6) is 0.577. The van der Waals surface area contributed by atoms with Crippen molar-refractivity contribution in [3.63, 3.8) is 0 Å². The molecule has 0 radical (unpaired) electrons.